The number of rotatable bonds is 7. The summed E-state index contributed by atoms with van der Waals surface area (Å²) in [5.74, 6) is 0.102. The number of nitrogens with zero attached hydrogens (tertiary/aromatic N) is 1. The number of methoxy groups -OCH3 is 1. The first-order chi connectivity index (χ1) is 16.0. The van der Waals surface area contributed by atoms with Gasteiger partial charge in [0.1, 0.15) is 11.5 Å². The largest absolute Gasteiger partial charge is 0.495 e. The Kier molecular flexibility index (Phi) is 8.51. The third kappa shape index (κ3) is 6.86. The molecule has 4 amide bonds. The highest BCUT2D eigenvalue weighted by Gasteiger charge is 2.24. The summed E-state index contributed by atoms with van der Waals surface area (Å²) < 4.78 is 10.6. The van der Waals surface area contributed by atoms with E-state index < -0.39 is 11.8 Å². The molecule has 1 heterocycles. The van der Waals surface area contributed by atoms with Crippen molar-refractivity contribution in [2.24, 2.45) is 5.92 Å². The van der Waals surface area contributed by atoms with Crippen LogP contribution in [0, 0.1) is 5.92 Å². The van der Waals surface area contributed by atoms with E-state index in [0.717, 1.165) is 12.8 Å². The van der Waals surface area contributed by atoms with Gasteiger partial charge in [0, 0.05) is 25.3 Å². The smallest absolute Gasteiger partial charge is 0.321 e. The third-order valence-corrected chi connectivity index (χ3v) is 5.43. The SMILES string of the molecule is CCOc1ccc(NC(=O)C(=O)NCC2CCN(C(=O)Nc3ccccc3OC)CC2)cc1. The van der Waals surface area contributed by atoms with Crippen LogP contribution in [-0.4, -0.2) is 56.1 Å². The van der Waals surface area contributed by atoms with Crippen molar-refractivity contribution in [3.8, 4) is 11.5 Å². The second kappa shape index (κ2) is 11.8. The maximum atomic E-state index is 12.6. The van der Waals surface area contributed by atoms with Gasteiger partial charge in [0.05, 0.1) is 19.4 Å². The van der Waals surface area contributed by atoms with Crippen molar-refractivity contribution in [2.45, 2.75) is 19.8 Å². The van der Waals surface area contributed by atoms with E-state index in [4.69, 9.17) is 9.47 Å². The van der Waals surface area contributed by atoms with Gasteiger partial charge >= 0.3 is 17.8 Å². The zero-order chi connectivity index (χ0) is 23.6. The highest BCUT2D eigenvalue weighted by Crippen LogP contribution is 2.24. The molecule has 3 N–H and O–H groups in total. The van der Waals surface area contributed by atoms with Crippen molar-refractivity contribution in [1.82, 2.24) is 10.2 Å². The number of anilines is 2. The Hall–Kier alpha value is -3.75. The molecule has 176 valence electrons. The number of urea groups is 1. The fourth-order valence-electron chi connectivity index (χ4n) is 3.59. The van der Waals surface area contributed by atoms with E-state index >= 15 is 0 Å². The maximum absolute atomic E-state index is 12.6. The summed E-state index contributed by atoms with van der Waals surface area (Å²) in [5.41, 5.74) is 1.14. The van der Waals surface area contributed by atoms with Crippen molar-refractivity contribution in [2.75, 3.05) is 44.0 Å². The molecule has 1 aliphatic heterocycles. The van der Waals surface area contributed by atoms with E-state index in [1.54, 1.807) is 48.4 Å². The Morgan fingerprint density at radius 1 is 0.970 bits per heavy atom. The first-order valence-electron chi connectivity index (χ1n) is 11.0. The van der Waals surface area contributed by atoms with Gasteiger partial charge in [-0.3, -0.25) is 9.59 Å². The van der Waals surface area contributed by atoms with Crippen molar-refractivity contribution in [3.63, 3.8) is 0 Å². The predicted molar refractivity (Wildman–Crippen MR) is 126 cm³/mol. The number of hydrogen-bond donors (Lipinski definition) is 3. The van der Waals surface area contributed by atoms with E-state index in [1.165, 1.54) is 0 Å². The van der Waals surface area contributed by atoms with Gasteiger partial charge in [-0.15, -0.1) is 0 Å². The number of carbonyl (C=O) groups excluding carboxylic acids is 3. The van der Waals surface area contributed by atoms with E-state index in [9.17, 15) is 14.4 Å². The number of ether oxygens (including phenoxy) is 2. The molecular formula is C24H30N4O5. The van der Waals surface area contributed by atoms with Gasteiger partial charge in [-0.25, -0.2) is 4.79 Å². The molecule has 2 aromatic carbocycles. The Morgan fingerprint density at radius 2 is 1.67 bits per heavy atom. The fourth-order valence-corrected chi connectivity index (χ4v) is 3.59. The number of amides is 4. The van der Waals surface area contributed by atoms with Crippen LogP contribution in [0.25, 0.3) is 0 Å². The van der Waals surface area contributed by atoms with Crippen molar-refractivity contribution < 1.29 is 23.9 Å². The number of benzene rings is 2. The number of para-hydroxylation sites is 2. The van der Waals surface area contributed by atoms with Gasteiger partial charge in [0.15, 0.2) is 0 Å². The molecule has 0 aromatic heterocycles. The zero-order valence-electron chi connectivity index (χ0n) is 18.9. The lowest BCUT2D eigenvalue weighted by Gasteiger charge is -2.32. The molecule has 9 nitrogen and oxygen atoms in total. The molecule has 0 atom stereocenters. The van der Waals surface area contributed by atoms with E-state index in [-0.39, 0.29) is 11.9 Å². The highest BCUT2D eigenvalue weighted by atomic mass is 16.5. The summed E-state index contributed by atoms with van der Waals surface area (Å²) >= 11 is 0. The van der Waals surface area contributed by atoms with Crippen molar-refractivity contribution >= 4 is 29.2 Å². The predicted octanol–water partition coefficient (Wildman–Crippen LogP) is 3.09. The van der Waals surface area contributed by atoms with Gasteiger partial charge in [-0.1, -0.05) is 12.1 Å². The molecule has 1 fully saturated rings. The quantitative estimate of drug-likeness (QED) is 0.557. The summed E-state index contributed by atoms with van der Waals surface area (Å²) in [5, 5.41) is 8.14. The van der Waals surface area contributed by atoms with Crippen LogP contribution in [0.4, 0.5) is 16.2 Å². The molecule has 1 aliphatic rings. The van der Waals surface area contributed by atoms with Crippen LogP contribution in [0.3, 0.4) is 0 Å². The summed E-state index contributed by atoms with van der Waals surface area (Å²) in [6, 6.07) is 13.9. The van der Waals surface area contributed by atoms with Crippen LogP contribution in [-0.2, 0) is 9.59 Å². The standard InChI is InChI=1S/C24H30N4O5/c1-3-33-19-10-8-18(9-11-19)26-23(30)22(29)25-16-17-12-14-28(15-13-17)24(31)27-20-6-4-5-7-21(20)32-2/h4-11,17H,3,12-16H2,1-2H3,(H,25,29)(H,26,30)(H,27,31). The summed E-state index contributed by atoms with van der Waals surface area (Å²) in [7, 11) is 1.56. The van der Waals surface area contributed by atoms with Gasteiger partial charge in [-0.2, -0.15) is 0 Å². The summed E-state index contributed by atoms with van der Waals surface area (Å²) in [6.45, 7) is 3.97. The van der Waals surface area contributed by atoms with E-state index in [2.05, 4.69) is 16.0 Å². The summed E-state index contributed by atoms with van der Waals surface area (Å²) in [6.07, 6.45) is 1.47. The number of nitrogens with one attached hydrogen (secondary N) is 3. The average Bonchev–Trinajstić information content (AvgIpc) is 2.84. The topological polar surface area (TPSA) is 109 Å². The molecule has 3 rings (SSSR count). The van der Waals surface area contributed by atoms with Gasteiger partial charge in [-0.05, 0) is 62.1 Å². The van der Waals surface area contributed by atoms with Crippen LogP contribution < -0.4 is 25.4 Å². The van der Waals surface area contributed by atoms with Gasteiger partial charge in [0.2, 0.25) is 0 Å². The van der Waals surface area contributed by atoms with Crippen LogP contribution in [0.5, 0.6) is 11.5 Å². The second-order valence-electron chi connectivity index (χ2n) is 7.68. The first-order valence-corrected chi connectivity index (χ1v) is 11.0. The van der Waals surface area contributed by atoms with Crippen LogP contribution in [0.15, 0.2) is 48.5 Å². The second-order valence-corrected chi connectivity index (χ2v) is 7.68. The number of carbonyl (C=O) groups is 3. The monoisotopic (exact) mass is 454 g/mol. The minimum atomic E-state index is -0.715. The van der Waals surface area contributed by atoms with Crippen molar-refractivity contribution in [1.29, 1.82) is 0 Å². The van der Waals surface area contributed by atoms with Gasteiger partial charge in [0.25, 0.3) is 0 Å². The fraction of sp³-hybridized carbons (Fsp3) is 0.375. The minimum Gasteiger partial charge on any atom is -0.495 e. The molecule has 0 aliphatic carbocycles. The Bertz CT molecular complexity index is 956. The third-order valence-electron chi connectivity index (χ3n) is 5.43. The van der Waals surface area contributed by atoms with Crippen LogP contribution in [0.2, 0.25) is 0 Å². The highest BCUT2D eigenvalue weighted by molar-refractivity contribution is 6.39. The molecule has 0 bridgehead atoms. The molecule has 9 heteroatoms. The normalized spacial score (nSPS) is 13.7. The number of hydrogen-bond acceptors (Lipinski definition) is 5. The molecule has 0 unspecified atom stereocenters. The van der Waals surface area contributed by atoms with Gasteiger partial charge < -0.3 is 30.3 Å². The molecule has 33 heavy (non-hydrogen) atoms. The first kappa shape index (κ1) is 23.9. The Labute approximate surface area is 193 Å². The van der Waals surface area contributed by atoms with Crippen molar-refractivity contribution in [3.05, 3.63) is 48.5 Å². The molecule has 0 saturated carbocycles. The Morgan fingerprint density at radius 3 is 2.33 bits per heavy atom. The minimum absolute atomic E-state index is 0.184. The summed E-state index contributed by atoms with van der Waals surface area (Å²) in [4.78, 5) is 38.6. The lowest BCUT2D eigenvalue weighted by molar-refractivity contribution is -0.136. The number of piperidine rings is 1. The zero-order valence-corrected chi connectivity index (χ0v) is 18.9. The van der Waals surface area contributed by atoms with E-state index in [1.807, 2.05) is 19.1 Å². The molecule has 0 radical (unpaired) electrons. The maximum Gasteiger partial charge on any atom is 0.321 e. The van der Waals surface area contributed by atoms with Crippen LogP contribution in [0.1, 0.15) is 19.8 Å². The lowest BCUT2D eigenvalue weighted by Crippen LogP contribution is -2.44. The Balaban J connectivity index is 1.39. The molecule has 1 saturated heterocycles. The lowest BCUT2D eigenvalue weighted by atomic mass is 9.97. The average molecular weight is 455 g/mol. The molecular weight excluding hydrogens is 424 g/mol. The molecule has 0 spiro atoms. The van der Waals surface area contributed by atoms with E-state index in [0.29, 0.717) is 49.1 Å². The number of likely N-dealkylation sites (tertiary alicyclic amines) is 1. The van der Waals surface area contributed by atoms with Crippen LogP contribution >= 0.6 is 0 Å². The molecule has 2 aromatic rings.